The molecule has 0 aromatic carbocycles. The lowest BCUT2D eigenvalue weighted by molar-refractivity contribution is -0.0879. The molecular weight excluding hydrogens is 222 g/mol. The van der Waals surface area contributed by atoms with E-state index in [1.54, 1.807) is 0 Å². The first kappa shape index (κ1) is 14.3. The largest absolute Gasteiger partial charge is 0.369 e. The van der Waals surface area contributed by atoms with Gasteiger partial charge in [-0.2, -0.15) is 0 Å². The highest BCUT2D eigenvalue weighted by atomic mass is 16.5. The average Bonchev–Trinajstić information content (AvgIpc) is 2.66. The second kappa shape index (κ2) is 4.49. The zero-order valence-electron chi connectivity index (χ0n) is 13.1. The number of nitrogens with one attached hydrogen (secondary N) is 1. The molecule has 3 atom stereocenters. The predicted molar refractivity (Wildman–Crippen MR) is 76.8 cm³/mol. The van der Waals surface area contributed by atoms with Crippen molar-refractivity contribution >= 4 is 0 Å². The van der Waals surface area contributed by atoms with Crippen molar-refractivity contribution in [3.63, 3.8) is 0 Å². The van der Waals surface area contributed by atoms with Crippen LogP contribution >= 0.6 is 0 Å². The number of hydrogen-bond acceptors (Lipinski definition) is 2. The topological polar surface area (TPSA) is 21.3 Å². The Morgan fingerprint density at radius 3 is 2.28 bits per heavy atom. The van der Waals surface area contributed by atoms with Gasteiger partial charge in [-0.25, -0.2) is 0 Å². The number of hydrogen-bond donors (Lipinski definition) is 1. The normalized spacial score (nSPS) is 42.3. The first-order valence-corrected chi connectivity index (χ1v) is 7.62. The molecule has 0 amide bonds. The SMILES string of the molecule is CCNC1CCC(C)(C2CC(C)(C)OC2(C)C)C1. The highest BCUT2D eigenvalue weighted by Gasteiger charge is 2.55. The monoisotopic (exact) mass is 253 g/mol. The number of ether oxygens (including phenoxy) is 1. The molecule has 106 valence electrons. The van der Waals surface area contributed by atoms with Crippen LogP contribution in [0.25, 0.3) is 0 Å². The number of rotatable bonds is 3. The van der Waals surface area contributed by atoms with Crippen LogP contribution in [-0.4, -0.2) is 23.8 Å². The molecule has 2 rings (SSSR count). The van der Waals surface area contributed by atoms with Gasteiger partial charge in [-0.1, -0.05) is 13.8 Å². The van der Waals surface area contributed by atoms with Crippen LogP contribution in [0.2, 0.25) is 0 Å². The summed E-state index contributed by atoms with van der Waals surface area (Å²) in [5.74, 6) is 0.684. The molecule has 0 aromatic rings. The summed E-state index contributed by atoms with van der Waals surface area (Å²) in [6.45, 7) is 14.9. The Labute approximate surface area is 113 Å². The summed E-state index contributed by atoms with van der Waals surface area (Å²) in [6, 6.07) is 0.722. The molecular formula is C16H31NO. The molecule has 3 unspecified atom stereocenters. The van der Waals surface area contributed by atoms with Crippen molar-refractivity contribution in [3.8, 4) is 0 Å². The maximum Gasteiger partial charge on any atom is 0.0668 e. The molecule has 1 aliphatic heterocycles. The maximum atomic E-state index is 6.30. The zero-order valence-corrected chi connectivity index (χ0v) is 13.1. The van der Waals surface area contributed by atoms with Crippen molar-refractivity contribution in [2.24, 2.45) is 11.3 Å². The Hall–Kier alpha value is -0.0800. The van der Waals surface area contributed by atoms with Gasteiger partial charge in [-0.05, 0) is 71.3 Å². The molecule has 1 heterocycles. The molecule has 2 nitrogen and oxygen atoms in total. The van der Waals surface area contributed by atoms with Gasteiger partial charge in [0, 0.05) is 6.04 Å². The average molecular weight is 253 g/mol. The van der Waals surface area contributed by atoms with Crippen molar-refractivity contribution < 1.29 is 4.74 Å². The summed E-state index contributed by atoms with van der Waals surface area (Å²) < 4.78 is 6.30. The van der Waals surface area contributed by atoms with E-state index in [4.69, 9.17) is 4.74 Å². The summed E-state index contributed by atoms with van der Waals surface area (Å²) >= 11 is 0. The van der Waals surface area contributed by atoms with Crippen LogP contribution in [0, 0.1) is 11.3 Å². The van der Waals surface area contributed by atoms with E-state index in [-0.39, 0.29) is 11.2 Å². The minimum absolute atomic E-state index is 0.0271. The minimum Gasteiger partial charge on any atom is -0.369 e. The van der Waals surface area contributed by atoms with Gasteiger partial charge in [0.15, 0.2) is 0 Å². The van der Waals surface area contributed by atoms with Crippen molar-refractivity contribution in [3.05, 3.63) is 0 Å². The van der Waals surface area contributed by atoms with Gasteiger partial charge >= 0.3 is 0 Å². The van der Waals surface area contributed by atoms with E-state index < -0.39 is 0 Å². The fourth-order valence-electron chi connectivity index (χ4n) is 4.70. The fraction of sp³-hybridized carbons (Fsp3) is 1.00. The molecule has 1 saturated heterocycles. The van der Waals surface area contributed by atoms with Crippen LogP contribution in [0.5, 0.6) is 0 Å². The molecule has 1 N–H and O–H groups in total. The van der Waals surface area contributed by atoms with E-state index in [1.165, 1.54) is 25.7 Å². The van der Waals surface area contributed by atoms with Gasteiger partial charge in [0.05, 0.1) is 11.2 Å². The second-order valence-electron chi connectivity index (χ2n) is 7.87. The van der Waals surface area contributed by atoms with Crippen LogP contribution in [0.3, 0.4) is 0 Å². The first-order chi connectivity index (χ1) is 8.19. The molecule has 1 aliphatic carbocycles. The van der Waals surface area contributed by atoms with Crippen molar-refractivity contribution in [2.75, 3.05) is 6.54 Å². The predicted octanol–water partition coefficient (Wildman–Crippen LogP) is 3.75. The van der Waals surface area contributed by atoms with Gasteiger partial charge in [0.2, 0.25) is 0 Å². The lowest BCUT2D eigenvalue weighted by Crippen LogP contribution is -2.39. The Bertz CT molecular complexity index is 310. The molecule has 0 spiro atoms. The maximum absolute atomic E-state index is 6.30. The molecule has 0 bridgehead atoms. The molecule has 0 aromatic heterocycles. The summed E-state index contributed by atoms with van der Waals surface area (Å²) in [5, 5.41) is 3.63. The van der Waals surface area contributed by atoms with Crippen molar-refractivity contribution in [1.29, 1.82) is 0 Å². The molecule has 18 heavy (non-hydrogen) atoms. The smallest absolute Gasteiger partial charge is 0.0668 e. The first-order valence-electron chi connectivity index (χ1n) is 7.62. The summed E-state index contributed by atoms with van der Waals surface area (Å²) in [6.07, 6.45) is 5.19. The van der Waals surface area contributed by atoms with Gasteiger partial charge in [0.25, 0.3) is 0 Å². The quantitative estimate of drug-likeness (QED) is 0.827. The Morgan fingerprint density at radius 1 is 1.11 bits per heavy atom. The van der Waals surface area contributed by atoms with Crippen LogP contribution in [-0.2, 0) is 4.74 Å². The Morgan fingerprint density at radius 2 is 1.78 bits per heavy atom. The Kier molecular flexibility index (Phi) is 3.57. The summed E-state index contributed by atoms with van der Waals surface area (Å²) in [7, 11) is 0. The van der Waals surface area contributed by atoms with Crippen LogP contribution in [0.15, 0.2) is 0 Å². The van der Waals surface area contributed by atoms with Gasteiger partial charge in [0.1, 0.15) is 0 Å². The standard InChI is InChI=1S/C16H31NO/c1-7-17-12-8-9-16(6,10-12)13-11-14(2,3)18-15(13,4)5/h12-13,17H,7-11H2,1-6H3. The van der Waals surface area contributed by atoms with E-state index in [1.807, 2.05) is 0 Å². The van der Waals surface area contributed by atoms with Gasteiger partial charge in [-0.15, -0.1) is 0 Å². The molecule has 1 saturated carbocycles. The van der Waals surface area contributed by atoms with E-state index in [0.717, 1.165) is 12.6 Å². The molecule has 2 heteroatoms. The Balaban J connectivity index is 2.12. The zero-order chi connectivity index (χ0) is 13.6. The van der Waals surface area contributed by atoms with E-state index in [0.29, 0.717) is 11.3 Å². The van der Waals surface area contributed by atoms with Crippen LogP contribution in [0.1, 0.15) is 67.2 Å². The summed E-state index contributed by atoms with van der Waals surface area (Å²) in [5.41, 5.74) is 0.525. The van der Waals surface area contributed by atoms with E-state index >= 15 is 0 Å². The van der Waals surface area contributed by atoms with Gasteiger partial charge < -0.3 is 10.1 Å². The van der Waals surface area contributed by atoms with Crippen molar-refractivity contribution in [2.45, 2.75) is 84.5 Å². The van der Waals surface area contributed by atoms with Gasteiger partial charge in [-0.3, -0.25) is 0 Å². The second-order valence-corrected chi connectivity index (χ2v) is 7.87. The third-order valence-electron chi connectivity index (χ3n) is 5.18. The molecule has 0 radical (unpaired) electrons. The van der Waals surface area contributed by atoms with Crippen LogP contribution < -0.4 is 5.32 Å². The fourth-order valence-corrected chi connectivity index (χ4v) is 4.70. The highest BCUT2D eigenvalue weighted by molar-refractivity contribution is 5.05. The minimum atomic E-state index is 0.0271. The third kappa shape index (κ3) is 2.60. The lowest BCUT2D eigenvalue weighted by atomic mass is 9.67. The third-order valence-corrected chi connectivity index (χ3v) is 5.18. The molecule has 2 aliphatic rings. The highest BCUT2D eigenvalue weighted by Crippen LogP contribution is 2.56. The molecule has 2 fully saturated rings. The lowest BCUT2D eigenvalue weighted by Gasteiger charge is -2.39. The van der Waals surface area contributed by atoms with Crippen LogP contribution in [0.4, 0.5) is 0 Å². The van der Waals surface area contributed by atoms with E-state index in [9.17, 15) is 0 Å². The summed E-state index contributed by atoms with van der Waals surface area (Å²) in [4.78, 5) is 0. The van der Waals surface area contributed by atoms with E-state index in [2.05, 4.69) is 46.9 Å². The van der Waals surface area contributed by atoms with Crippen molar-refractivity contribution in [1.82, 2.24) is 5.32 Å².